The minimum Gasteiger partial charge on any atom is -0.372 e. The molecule has 2 saturated heterocycles. The molecule has 0 saturated carbocycles. The number of rotatable bonds is 5. The summed E-state index contributed by atoms with van der Waals surface area (Å²) >= 11 is 0. The van der Waals surface area contributed by atoms with Gasteiger partial charge < -0.3 is 9.64 Å². The van der Waals surface area contributed by atoms with Gasteiger partial charge in [-0.15, -0.1) is 0 Å². The van der Waals surface area contributed by atoms with Crippen molar-refractivity contribution in [2.24, 2.45) is 5.41 Å². The van der Waals surface area contributed by atoms with Gasteiger partial charge in [-0.25, -0.2) is 0 Å². The first-order valence-electron chi connectivity index (χ1n) is 9.19. The van der Waals surface area contributed by atoms with Crippen LogP contribution in [-0.2, 0) is 16.1 Å². The van der Waals surface area contributed by atoms with Crippen molar-refractivity contribution in [3.63, 3.8) is 0 Å². The molecule has 2 aliphatic heterocycles. The lowest BCUT2D eigenvalue weighted by Gasteiger charge is -2.47. The van der Waals surface area contributed by atoms with E-state index in [0.717, 1.165) is 51.3 Å². The Labute approximate surface area is 145 Å². The van der Waals surface area contributed by atoms with Crippen molar-refractivity contribution in [3.8, 4) is 0 Å². The number of ether oxygens (including phenoxy) is 1. The number of aromatic nitrogens is 1. The third kappa shape index (κ3) is 4.33. The van der Waals surface area contributed by atoms with Gasteiger partial charge in [0.15, 0.2) is 0 Å². The average Bonchev–Trinajstić information content (AvgIpc) is 2.61. The van der Waals surface area contributed by atoms with Crippen molar-refractivity contribution < 1.29 is 9.53 Å². The van der Waals surface area contributed by atoms with Crippen molar-refractivity contribution in [1.82, 2.24) is 14.8 Å². The topological polar surface area (TPSA) is 45.7 Å². The SMILES string of the molecule is CCOCC(=O)N1CCC2(CCCN(Cc3ccccn3)C2)CC1. The van der Waals surface area contributed by atoms with E-state index >= 15 is 0 Å². The molecule has 0 atom stereocenters. The van der Waals surface area contributed by atoms with E-state index in [2.05, 4.69) is 22.0 Å². The van der Waals surface area contributed by atoms with E-state index in [1.165, 1.54) is 12.8 Å². The molecule has 0 radical (unpaired) electrons. The van der Waals surface area contributed by atoms with Gasteiger partial charge in [-0.1, -0.05) is 6.07 Å². The Morgan fingerprint density at radius 2 is 2.08 bits per heavy atom. The largest absolute Gasteiger partial charge is 0.372 e. The predicted octanol–water partition coefficient (Wildman–Crippen LogP) is 2.32. The third-order valence-electron chi connectivity index (χ3n) is 5.46. The summed E-state index contributed by atoms with van der Waals surface area (Å²) in [5.74, 6) is 0.146. The summed E-state index contributed by atoms with van der Waals surface area (Å²) < 4.78 is 5.26. The van der Waals surface area contributed by atoms with Crippen molar-refractivity contribution in [1.29, 1.82) is 0 Å². The number of hydrogen-bond donors (Lipinski definition) is 0. The number of pyridine rings is 1. The molecule has 2 fully saturated rings. The Morgan fingerprint density at radius 3 is 2.79 bits per heavy atom. The fourth-order valence-corrected chi connectivity index (χ4v) is 4.09. The fourth-order valence-electron chi connectivity index (χ4n) is 4.09. The molecule has 1 aromatic rings. The molecule has 3 rings (SSSR count). The standard InChI is InChI=1S/C19H29N3O2/c1-2-24-15-18(23)22-12-8-19(9-13-22)7-5-11-21(16-19)14-17-6-3-4-10-20-17/h3-4,6,10H,2,5,7-9,11-16H2,1H3. The number of hydrogen-bond acceptors (Lipinski definition) is 4. The summed E-state index contributed by atoms with van der Waals surface area (Å²) in [5.41, 5.74) is 1.54. The van der Waals surface area contributed by atoms with Crippen molar-refractivity contribution in [2.45, 2.75) is 39.2 Å². The third-order valence-corrected chi connectivity index (χ3v) is 5.46. The van der Waals surface area contributed by atoms with E-state index in [9.17, 15) is 4.79 Å². The molecule has 1 aromatic heterocycles. The molecule has 5 nitrogen and oxygen atoms in total. The van der Waals surface area contributed by atoms with Gasteiger partial charge >= 0.3 is 0 Å². The number of carbonyl (C=O) groups excluding carboxylic acids is 1. The van der Waals surface area contributed by atoms with Gasteiger partial charge in [0.1, 0.15) is 6.61 Å². The number of likely N-dealkylation sites (tertiary alicyclic amines) is 2. The average molecular weight is 331 g/mol. The Hall–Kier alpha value is -1.46. The molecule has 132 valence electrons. The van der Waals surface area contributed by atoms with E-state index in [1.807, 2.05) is 24.1 Å². The highest BCUT2D eigenvalue weighted by molar-refractivity contribution is 5.77. The summed E-state index contributed by atoms with van der Waals surface area (Å²) in [6.07, 6.45) is 6.64. The minimum absolute atomic E-state index is 0.146. The summed E-state index contributed by atoms with van der Waals surface area (Å²) in [6, 6.07) is 6.14. The van der Waals surface area contributed by atoms with Gasteiger partial charge in [-0.3, -0.25) is 14.7 Å². The van der Waals surface area contributed by atoms with E-state index in [0.29, 0.717) is 12.0 Å². The molecule has 1 spiro atoms. The maximum Gasteiger partial charge on any atom is 0.248 e. The van der Waals surface area contributed by atoms with Crippen LogP contribution >= 0.6 is 0 Å². The zero-order valence-electron chi connectivity index (χ0n) is 14.7. The second-order valence-electron chi connectivity index (χ2n) is 7.15. The summed E-state index contributed by atoms with van der Waals surface area (Å²) in [7, 11) is 0. The van der Waals surface area contributed by atoms with Crippen LogP contribution in [0.3, 0.4) is 0 Å². The van der Waals surface area contributed by atoms with E-state index in [4.69, 9.17) is 4.74 Å². The van der Waals surface area contributed by atoms with Crippen LogP contribution in [0.25, 0.3) is 0 Å². The molecule has 5 heteroatoms. The van der Waals surface area contributed by atoms with Gasteiger partial charge in [0.2, 0.25) is 5.91 Å². The molecule has 0 unspecified atom stereocenters. The molecule has 24 heavy (non-hydrogen) atoms. The zero-order valence-corrected chi connectivity index (χ0v) is 14.7. The van der Waals surface area contributed by atoms with Crippen LogP contribution in [0.1, 0.15) is 38.3 Å². The Bertz CT molecular complexity index is 527. The van der Waals surface area contributed by atoms with Gasteiger partial charge in [0, 0.05) is 39.0 Å². The van der Waals surface area contributed by atoms with Crippen molar-refractivity contribution in [2.75, 3.05) is 39.4 Å². The molecule has 0 N–H and O–H groups in total. The molecule has 0 aromatic carbocycles. The quantitative estimate of drug-likeness (QED) is 0.831. The maximum absolute atomic E-state index is 12.1. The number of nitrogens with zero attached hydrogens (tertiary/aromatic N) is 3. The molecule has 0 bridgehead atoms. The number of carbonyl (C=O) groups is 1. The van der Waals surface area contributed by atoms with Crippen molar-refractivity contribution in [3.05, 3.63) is 30.1 Å². The van der Waals surface area contributed by atoms with Gasteiger partial charge in [0.05, 0.1) is 5.69 Å². The molecular formula is C19H29N3O2. The van der Waals surface area contributed by atoms with Crippen LogP contribution in [0.15, 0.2) is 24.4 Å². The van der Waals surface area contributed by atoms with Crippen LogP contribution in [0.5, 0.6) is 0 Å². The predicted molar refractivity (Wildman–Crippen MR) is 93.5 cm³/mol. The van der Waals surface area contributed by atoms with Gasteiger partial charge in [-0.2, -0.15) is 0 Å². The second-order valence-corrected chi connectivity index (χ2v) is 7.15. The Morgan fingerprint density at radius 1 is 1.25 bits per heavy atom. The summed E-state index contributed by atoms with van der Waals surface area (Å²) in [5, 5.41) is 0. The molecule has 1 amide bonds. The van der Waals surface area contributed by atoms with Crippen LogP contribution < -0.4 is 0 Å². The summed E-state index contributed by atoms with van der Waals surface area (Å²) in [4.78, 5) is 21.1. The first-order valence-corrected chi connectivity index (χ1v) is 9.19. The fraction of sp³-hybridized carbons (Fsp3) is 0.684. The monoisotopic (exact) mass is 331 g/mol. The Kier molecular flexibility index (Phi) is 5.85. The molecule has 3 heterocycles. The summed E-state index contributed by atoms with van der Waals surface area (Å²) in [6.45, 7) is 7.75. The zero-order chi connectivity index (χ0) is 16.8. The molecule has 2 aliphatic rings. The van der Waals surface area contributed by atoms with Gasteiger partial charge in [-0.05, 0) is 56.7 Å². The highest BCUT2D eigenvalue weighted by atomic mass is 16.5. The lowest BCUT2D eigenvalue weighted by Crippen LogP contribution is -2.51. The maximum atomic E-state index is 12.1. The first kappa shape index (κ1) is 17.4. The minimum atomic E-state index is 0.146. The van der Waals surface area contributed by atoms with Crippen LogP contribution in [0.2, 0.25) is 0 Å². The first-order chi connectivity index (χ1) is 11.7. The van der Waals surface area contributed by atoms with E-state index < -0.39 is 0 Å². The van der Waals surface area contributed by atoms with Gasteiger partial charge in [0.25, 0.3) is 0 Å². The van der Waals surface area contributed by atoms with Crippen LogP contribution in [-0.4, -0.2) is 60.1 Å². The molecule has 0 aliphatic carbocycles. The lowest BCUT2D eigenvalue weighted by molar-refractivity contribution is -0.139. The normalized spacial score (nSPS) is 21.1. The smallest absolute Gasteiger partial charge is 0.248 e. The highest BCUT2D eigenvalue weighted by Crippen LogP contribution is 2.40. The number of amides is 1. The Balaban J connectivity index is 1.52. The highest BCUT2D eigenvalue weighted by Gasteiger charge is 2.39. The lowest BCUT2D eigenvalue weighted by atomic mass is 9.72. The van der Waals surface area contributed by atoms with E-state index in [1.54, 1.807) is 0 Å². The van der Waals surface area contributed by atoms with Crippen molar-refractivity contribution >= 4 is 5.91 Å². The van der Waals surface area contributed by atoms with Crippen LogP contribution in [0.4, 0.5) is 0 Å². The second kappa shape index (κ2) is 8.08. The van der Waals surface area contributed by atoms with E-state index in [-0.39, 0.29) is 12.5 Å². The number of piperidine rings is 2. The van der Waals surface area contributed by atoms with Crippen LogP contribution in [0, 0.1) is 5.41 Å². The molecular weight excluding hydrogens is 302 g/mol.